The van der Waals surface area contributed by atoms with Gasteiger partial charge in [0.15, 0.2) is 0 Å². The zero-order valence-electron chi connectivity index (χ0n) is 14.5. The lowest BCUT2D eigenvalue weighted by molar-refractivity contribution is -0.143. The highest BCUT2D eigenvalue weighted by Crippen LogP contribution is 2.15. The Balaban J connectivity index is 1.72. The Labute approximate surface area is 151 Å². The molecule has 0 spiro atoms. The summed E-state index contributed by atoms with van der Waals surface area (Å²) < 4.78 is 10.6. The standard InChI is InChI=1S/C18H23N3O3S/c1-3-23-17(22)9-4-5-10-24-16-8-6-7-15(11-16)12-19-21-18-20-14(2)13-25-18/h6-8,11-13H,3-5,9-10H2,1-2H3,(H,20,21). The highest BCUT2D eigenvalue weighted by atomic mass is 32.1. The third-order valence-corrected chi connectivity index (χ3v) is 4.07. The number of rotatable bonds is 10. The number of nitrogens with one attached hydrogen (secondary N) is 1. The maximum atomic E-state index is 11.2. The number of ether oxygens (including phenoxy) is 2. The van der Waals surface area contributed by atoms with Crippen molar-refractivity contribution in [3.05, 3.63) is 40.9 Å². The Morgan fingerprint density at radius 2 is 2.28 bits per heavy atom. The quantitative estimate of drug-likeness (QED) is 0.300. The zero-order valence-corrected chi connectivity index (χ0v) is 15.3. The first-order chi connectivity index (χ1) is 12.2. The van der Waals surface area contributed by atoms with E-state index < -0.39 is 0 Å². The van der Waals surface area contributed by atoms with Crippen molar-refractivity contribution in [3.63, 3.8) is 0 Å². The summed E-state index contributed by atoms with van der Waals surface area (Å²) in [5, 5.41) is 6.91. The monoisotopic (exact) mass is 361 g/mol. The molecule has 0 saturated carbocycles. The Morgan fingerprint density at radius 1 is 1.40 bits per heavy atom. The molecule has 0 bridgehead atoms. The number of unbranched alkanes of at least 4 members (excludes halogenated alkanes) is 1. The van der Waals surface area contributed by atoms with E-state index in [1.807, 2.05) is 43.5 Å². The van der Waals surface area contributed by atoms with E-state index in [1.165, 1.54) is 11.3 Å². The second-order valence-electron chi connectivity index (χ2n) is 5.35. The Kier molecular flexibility index (Phi) is 7.91. The molecule has 1 N–H and O–H groups in total. The molecule has 0 radical (unpaired) electrons. The van der Waals surface area contributed by atoms with E-state index in [0.29, 0.717) is 19.6 Å². The van der Waals surface area contributed by atoms with E-state index in [2.05, 4.69) is 15.5 Å². The Morgan fingerprint density at radius 3 is 3.04 bits per heavy atom. The minimum atomic E-state index is -0.149. The average molecular weight is 361 g/mol. The van der Waals surface area contributed by atoms with Crippen LogP contribution >= 0.6 is 11.3 Å². The maximum Gasteiger partial charge on any atom is 0.305 e. The van der Waals surface area contributed by atoms with E-state index in [4.69, 9.17) is 9.47 Å². The lowest BCUT2D eigenvalue weighted by Gasteiger charge is -2.06. The van der Waals surface area contributed by atoms with Crippen LogP contribution in [0.1, 0.15) is 37.4 Å². The van der Waals surface area contributed by atoms with Crippen LogP contribution in [0.3, 0.4) is 0 Å². The van der Waals surface area contributed by atoms with Crippen molar-refractivity contribution in [1.82, 2.24) is 4.98 Å². The van der Waals surface area contributed by atoms with Crippen LogP contribution in [0.2, 0.25) is 0 Å². The summed E-state index contributed by atoms with van der Waals surface area (Å²) >= 11 is 1.51. The highest BCUT2D eigenvalue weighted by molar-refractivity contribution is 7.13. The van der Waals surface area contributed by atoms with Crippen molar-refractivity contribution in [2.24, 2.45) is 5.10 Å². The summed E-state index contributed by atoms with van der Waals surface area (Å²) in [4.78, 5) is 15.5. The minimum Gasteiger partial charge on any atom is -0.494 e. The Bertz CT molecular complexity index is 700. The average Bonchev–Trinajstić information content (AvgIpc) is 3.00. The van der Waals surface area contributed by atoms with Crippen LogP contribution in [0.25, 0.3) is 0 Å². The molecule has 1 heterocycles. The number of hydrogen-bond donors (Lipinski definition) is 1. The van der Waals surface area contributed by atoms with Crippen LogP contribution in [0.15, 0.2) is 34.7 Å². The lowest BCUT2D eigenvalue weighted by atomic mass is 10.2. The third kappa shape index (κ3) is 7.34. The molecule has 1 aromatic heterocycles. The van der Waals surface area contributed by atoms with Gasteiger partial charge in [0.1, 0.15) is 5.75 Å². The molecule has 2 rings (SSSR count). The van der Waals surface area contributed by atoms with Gasteiger partial charge in [-0.2, -0.15) is 5.10 Å². The third-order valence-electron chi connectivity index (χ3n) is 3.20. The van der Waals surface area contributed by atoms with Crippen LogP contribution < -0.4 is 10.2 Å². The number of aryl methyl sites for hydroxylation is 1. The largest absolute Gasteiger partial charge is 0.494 e. The summed E-state index contributed by atoms with van der Waals surface area (Å²) in [7, 11) is 0. The fraction of sp³-hybridized carbons (Fsp3) is 0.389. The van der Waals surface area contributed by atoms with Gasteiger partial charge in [0.05, 0.1) is 25.1 Å². The summed E-state index contributed by atoms with van der Waals surface area (Å²) in [6.07, 6.45) is 3.73. The smallest absolute Gasteiger partial charge is 0.305 e. The van der Waals surface area contributed by atoms with Crippen LogP contribution in [-0.4, -0.2) is 30.4 Å². The van der Waals surface area contributed by atoms with Gasteiger partial charge >= 0.3 is 5.97 Å². The van der Waals surface area contributed by atoms with Crippen molar-refractivity contribution >= 4 is 28.7 Å². The molecule has 1 aromatic carbocycles. The van der Waals surface area contributed by atoms with Crippen LogP contribution in [0.4, 0.5) is 5.13 Å². The van der Waals surface area contributed by atoms with Crippen molar-refractivity contribution in [2.75, 3.05) is 18.6 Å². The second kappa shape index (κ2) is 10.5. The molecule has 0 aliphatic heterocycles. The number of thiazole rings is 1. The van der Waals surface area contributed by atoms with Gasteiger partial charge in [0.25, 0.3) is 0 Å². The minimum absolute atomic E-state index is 0.149. The van der Waals surface area contributed by atoms with E-state index >= 15 is 0 Å². The molecule has 6 nitrogen and oxygen atoms in total. The van der Waals surface area contributed by atoms with Gasteiger partial charge in [0.2, 0.25) is 5.13 Å². The van der Waals surface area contributed by atoms with Gasteiger partial charge in [-0.05, 0) is 44.4 Å². The van der Waals surface area contributed by atoms with Crippen LogP contribution in [0.5, 0.6) is 5.75 Å². The van der Waals surface area contributed by atoms with Gasteiger partial charge in [-0.3, -0.25) is 10.2 Å². The van der Waals surface area contributed by atoms with Crippen molar-refractivity contribution in [1.29, 1.82) is 0 Å². The summed E-state index contributed by atoms with van der Waals surface area (Å²) in [6, 6.07) is 7.69. The fourth-order valence-electron chi connectivity index (χ4n) is 2.05. The zero-order chi connectivity index (χ0) is 17.9. The van der Waals surface area contributed by atoms with Crippen molar-refractivity contribution in [3.8, 4) is 5.75 Å². The van der Waals surface area contributed by atoms with Gasteiger partial charge in [-0.1, -0.05) is 12.1 Å². The molecule has 0 unspecified atom stereocenters. The topological polar surface area (TPSA) is 72.8 Å². The molecule has 0 saturated heterocycles. The molecular formula is C18H23N3O3S. The predicted octanol–water partition coefficient (Wildman–Crippen LogP) is 4.01. The first-order valence-electron chi connectivity index (χ1n) is 8.27. The molecular weight excluding hydrogens is 338 g/mol. The van der Waals surface area contributed by atoms with Gasteiger partial charge in [-0.25, -0.2) is 4.98 Å². The van der Waals surface area contributed by atoms with Crippen LogP contribution in [-0.2, 0) is 9.53 Å². The van der Waals surface area contributed by atoms with E-state index in [1.54, 1.807) is 6.21 Å². The van der Waals surface area contributed by atoms with Crippen LogP contribution in [0, 0.1) is 6.92 Å². The summed E-state index contributed by atoms with van der Waals surface area (Å²) in [6.45, 7) is 4.75. The van der Waals surface area contributed by atoms with E-state index in [9.17, 15) is 4.79 Å². The molecule has 0 aliphatic carbocycles. The fourth-order valence-corrected chi connectivity index (χ4v) is 2.68. The summed E-state index contributed by atoms with van der Waals surface area (Å²) in [5.74, 6) is 0.633. The molecule has 0 fully saturated rings. The summed E-state index contributed by atoms with van der Waals surface area (Å²) in [5.41, 5.74) is 4.81. The first kappa shape index (κ1) is 18.9. The van der Waals surface area contributed by atoms with Gasteiger partial charge < -0.3 is 9.47 Å². The number of anilines is 1. The number of carbonyl (C=O) groups excluding carboxylic acids is 1. The molecule has 0 amide bonds. The van der Waals surface area contributed by atoms with Gasteiger partial charge in [0, 0.05) is 11.8 Å². The molecule has 134 valence electrons. The lowest BCUT2D eigenvalue weighted by Crippen LogP contribution is -2.05. The second-order valence-corrected chi connectivity index (χ2v) is 6.21. The van der Waals surface area contributed by atoms with E-state index in [0.717, 1.165) is 35.0 Å². The SMILES string of the molecule is CCOC(=O)CCCCOc1cccc(C=NNc2nc(C)cs2)c1. The predicted molar refractivity (Wildman–Crippen MR) is 100 cm³/mol. The number of hydrazone groups is 1. The molecule has 0 aliphatic rings. The number of aromatic nitrogens is 1. The van der Waals surface area contributed by atoms with Crippen molar-refractivity contribution < 1.29 is 14.3 Å². The molecule has 25 heavy (non-hydrogen) atoms. The molecule has 2 aromatic rings. The Hall–Kier alpha value is -2.41. The molecule has 7 heteroatoms. The van der Waals surface area contributed by atoms with Gasteiger partial charge in [-0.15, -0.1) is 11.3 Å². The number of nitrogens with zero attached hydrogens (tertiary/aromatic N) is 2. The maximum absolute atomic E-state index is 11.2. The van der Waals surface area contributed by atoms with Crippen molar-refractivity contribution in [2.45, 2.75) is 33.1 Å². The molecule has 0 atom stereocenters. The number of esters is 1. The first-order valence-corrected chi connectivity index (χ1v) is 9.15. The number of benzene rings is 1. The number of hydrogen-bond acceptors (Lipinski definition) is 7. The highest BCUT2D eigenvalue weighted by Gasteiger charge is 2.01. The van der Waals surface area contributed by atoms with E-state index in [-0.39, 0.29) is 5.97 Å². The number of carbonyl (C=O) groups is 1. The normalized spacial score (nSPS) is 10.8.